The van der Waals surface area contributed by atoms with Gasteiger partial charge in [-0.25, -0.2) is 0 Å². The van der Waals surface area contributed by atoms with E-state index in [0.717, 1.165) is 18.4 Å². The molecule has 1 aliphatic carbocycles. The van der Waals surface area contributed by atoms with E-state index in [1.807, 2.05) is 13.8 Å². The van der Waals surface area contributed by atoms with Crippen molar-refractivity contribution in [3.8, 4) is 0 Å². The van der Waals surface area contributed by atoms with Crippen molar-refractivity contribution in [3.05, 3.63) is 12.2 Å². The van der Waals surface area contributed by atoms with Gasteiger partial charge in [-0.3, -0.25) is 4.79 Å². The highest BCUT2D eigenvalue weighted by Crippen LogP contribution is 2.62. The Kier molecular flexibility index (Phi) is 3.58. The van der Waals surface area contributed by atoms with Crippen LogP contribution in [0.2, 0.25) is 0 Å². The summed E-state index contributed by atoms with van der Waals surface area (Å²) >= 11 is 0. The normalized spacial score (nSPS) is 27.4. The molecule has 2 heteroatoms. The summed E-state index contributed by atoms with van der Waals surface area (Å²) in [7, 11) is 0. The molecule has 1 N–H and O–H groups in total. The van der Waals surface area contributed by atoms with E-state index >= 15 is 0 Å². The molecule has 0 aromatic rings. The van der Waals surface area contributed by atoms with E-state index in [9.17, 15) is 4.79 Å². The second-order valence-electron chi connectivity index (χ2n) is 5.23. The van der Waals surface area contributed by atoms with Gasteiger partial charge in [0.1, 0.15) is 0 Å². The van der Waals surface area contributed by atoms with Gasteiger partial charge in [-0.2, -0.15) is 0 Å². The number of carbonyl (C=O) groups is 1. The molecule has 0 radical (unpaired) electrons. The second-order valence-corrected chi connectivity index (χ2v) is 5.23. The number of carboxylic acid groups (broad SMARTS) is 1. The van der Waals surface area contributed by atoms with Gasteiger partial charge in [0.25, 0.3) is 0 Å². The van der Waals surface area contributed by atoms with E-state index in [1.54, 1.807) is 0 Å². The minimum atomic E-state index is -0.665. The third-order valence-electron chi connectivity index (χ3n) is 3.63. The lowest BCUT2D eigenvalue weighted by molar-refractivity contribution is -0.139. The Labute approximate surface area is 92.4 Å². The maximum atomic E-state index is 11.0. The molecule has 0 aromatic carbocycles. The zero-order valence-corrected chi connectivity index (χ0v) is 10.0. The van der Waals surface area contributed by atoms with Crippen LogP contribution in [-0.2, 0) is 4.79 Å². The van der Waals surface area contributed by atoms with Crippen molar-refractivity contribution >= 4 is 5.97 Å². The minimum absolute atomic E-state index is 0.0743. The predicted octanol–water partition coefficient (Wildman–Crippen LogP) is 3.48. The smallest absolute Gasteiger partial charge is 0.307 e. The van der Waals surface area contributed by atoms with E-state index in [4.69, 9.17) is 5.11 Å². The molecule has 0 heterocycles. The SMILES string of the molecule is C=C(CCCCC)C1C(C(=O)O)C1(C)C. The van der Waals surface area contributed by atoms with Crippen LogP contribution in [0.3, 0.4) is 0 Å². The van der Waals surface area contributed by atoms with Gasteiger partial charge in [-0.1, -0.05) is 45.8 Å². The third-order valence-corrected chi connectivity index (χ3v) is 3.63. The van der Waals surface area contributed by atoms with Crippen LogP contribution >= 0.6 is 0 Å². The van der Waals surface area contributed by atoms with E-state index in [-0.39, 0.29) is 17.3 Å². The van der Waals surface area contributed by atoms with Crippen molar-refractivity contribution in [3.63, 3.8) is 0 Å². The lowest BCUT2D eigenvalue weighted by Gasteiger charge is -2.06. The highest BCUT2D eigenvalue weighted by molar-refractivity contribution is 5.76. The van der Waals surface area contributed by atoms with Gasteiger partial charge in [-0.05, 0) is 24.2 Å². The first-order valence-corrected chi connectivity index (χ1v) is 5.83. The van der Waals surface area contributed by atoms with Crippen molar-refractivity contribution < 1.29 is 9.90 Å². The van der Waals surface area contributed by atoms with Crippen LogP contribution in [0, 0.1) is 17.3 Å². The quantitative estimate of drug-likeness (QED) is 0.538. The number of carboxylic acids is 1. The molecule has 1 aliphatic rings. The molecule has 0 saturated heterocycles. The highest BCUT2D eigenvalue weighted by Gasteiger charge is 2.62. The summed E-state index contributed by atoms with van der Waals surface area (Å²) in [6.07, 6.45) is 4.55. The standard InChI is InChI=1S/C13H22O2/c1-5-6-7-8-9(2)10-11(12(14)15)13(10,3)4/h10-11H,2,5-8H2,1,3-4H3,(H,14,15). The topological polar surface area (TPSA) is 37.3 Å². The van der Waals surface area contributed by atoms with Crippen LogP contribution in [0.4, 0.5) is 0 Å². The number of allylic oxidation sites excluding steroid dienone is 1. The number of unbranched alkanes of at least 4 members (excludes halogenated alkanes) is 2. The van der Waals surface area contributed by atoms with Gasteiger partial charge in [-0.15, -0.1) is 0 Å². The molecule has 0 spiro atoms. The van der Waals surface area contributed by atoms with E-state index in [2.05, 4.69) is 13.5 Å². The van der Waals surface area contributed by atoms with Gasteiger partial charge in [0.2, 0.25) is 0 Å². The molecule has 1 fully saturated rings. The number of hydrogen-bond acceptors (Lipinski definition) is 1. The van der Waals surface area contributed by atoms with Crippen molar-refractivity contribution in [1.82, 2.24) is 0 Å². The second kappa shape index (κ2) is 4.38. The van der Waals surface area contributed by atoms with E-state index in [1.165, 1.54) is 12.8 Å². The Balaban J connectivity index is 2.45. The van der Waals surface area contributed by atoms with Gasteiger partial charge in [0.15, 0.2) is 0 Å². The van der Waals surface area contributed by atoms with Crippen molar-refractivity contribution in [2.75, 3.05) is 0 Å². The summed E-state index contributed by atoms with van der Waals surface area (Å²) in [5.74, 6) is -0.667. The Bertz CT molecular complexity index is 266. The first-order valence-electron chi connectivity index (χ1n) is 5.83. The molecule has 0 amide bonds. The molecular formula is C13H22O2. The van der Waals surface area contributed by atoms with Crippen molar-refractivity contribution in [1.29, 1.82) is 0 Å². The number of hydrogen-bond donors (Lipinski definition) is 1. The van der Waals surface area contributed by atoms with Crippen LogP contribution in [0.1, 0.15) is 46.5 Å². The molecule has 2 unspecified atom stereocenters. The third kappa shape index (κ3) is 2.42. The fourth-order valence-electron chi connectivity index (χ4n) is 2.62. The fourth-order valence-corrected chi connectivity index (χ4v) is 2.62. The molecule has 15 heavy (non-hydrogen) atoms. The Hall–Kier alpha value is -0.790. The van der Waals surface area contributed by atoms with Crippen molar-refractivity contribution in [2.45, 2.75) is 46.5 Å². The van der Waals surface area contributed by atoms with Crippen LogP contribution in [-0.4, -0.2) is 11.1 Å². The van der Waals surface area contributed by atoms with Gasteiger partial charge in [0, 0.05) is 0 Å². The highest BCUT2D eigenvalue weighted by atomic mass is 16.4. The van der Waals surface area contributed by atoms with Crippen LogP contribution in [0.25, 0.3) is 0 Å². The monoisotopic (exact) mass is 210 g/mol. The molecule has 2 atom stereocenters. The van der Waals surface area contributed by atoms with Crippen LogP contribution < -0.4 is 0 Å². The fraction of sp³-hybridized carbons (Fsp3) is 0.769. The summed E-state index contributed by atoms with van der Waals surface area (Å²) in [5, 5.41) is 9.04. The van der Waals surface area contributed by atoms with Crippen LogP contribution in [0.15, 0.2) is 12.2 Å². The van der Waals surface area contributed by atoms with E-state index < -0.39 is 5.97 Å². The Morgan fingerprint density at radius 3 is 2.33 bits per heavy atom. The minimum Gasteiger partial charge on any atom is -0.481 e. The van der Waals surface area contributed by atoms with Gasteiger partial charge < -0.3 is 5.11 Å². The predicted molar refractivity (Wildman–Crippen MR) is 61.7 cm³/mol. The number of aliphatic carboxylic acids is 1. The van der Waals surface area contributed by atoms with Crippen LogP contribution in [0.5, 0.6) is 0 Å². The average molecular weight is 210 g/mol. The Morgan fingerprint density at radius 1 is 1.33 bits per heavy atom. The summed E-state index contributed by atoms with van der Waals surface area (Å²) < 4.78 is 0. The van der Waals surface area contributed by atoms with E-state index in [0.29, 0.717) is 0 Å². The van der Waals surface area contributed by atoms with Crippen molar-refractivity contribution in [2.24, 2.45) is 17.3 Å². The largest absolute Gasteiger partial charge is 0.481 e. The molecule has 86 valence electrons. The maximum Gasteiger partial charge on any atom is 0.307 e. The molecule has 1 saturated carbocycles. The molecule has 0 aromatic heterocycles. The summed E-state index contributed by atoms with van der Waals surface area (Å²) in [6.45, 7) is 10.3. The average Bonchev–Trinajstić information content (AvgIpc) is 2.69. The Morgan fingerprint density at radius 2 is 1.93 bits per heavy atom. The number of rotatable bonds is 6. The summed E-state index contributed by atoms with van der Waals surface area (Å²) in [5.41, 5.74) is 1.07. The first-order chi connectivity index (χ1) is 6.92. The zero-order valence-electron chi connectivity index (χ0n) is 10.0. The first kappa shape index (κ1) is 12.3. The lowest BCUT2D eigenvalue weighted by Crippen LogP contribution is -2.03. The zero-order chi connectivity index (χ0) is 11.6. The lowest BCUT2D eigenvalue weighted by atomic mass is 10.00. The van der Waals surface area contributed by atoms with Gasteiger partial charge in [0.05, 0.1) is 5.92 Å². The van der Waals surface area contributed by atoms with Gasteiger partial charge >= 0.3 is 5.97 Å². The molecular weight excluding hydrogens is 188 g/mol. The molecule has 0 aliphatic heterocycles. The maximum absolute atomic E-state index is 11.0. The molecule has 2 nitrogen and oxygen atoms in total. The summed E-state index contributed by atoms with van der Waals surface area (Å²) in [6, 6.07) is 0. The summed E-state index contributed by atoms with van der Waals surface area (Å²) in [4.78, 5) is 11.0. The molecule has 0 bridgehead atoms. The molecule has 1 rings (SSSR count).